The van der Waals surface area contributed by atoms with Gasteiger partial charge in [-0.3, -0.25) is 4.79 Å². The molecule has 13 heavy (non-hydrogen) atoms. The Morgan fingerprint density at radius 3 is 2.62 bits per heavy atom. The Morgan fingerprint density at radius 2 is 2.23 bits per heavy atom. The second kappa shape index (κ2) is 4.27. The van der Waals surface area contributed by atoms with E-state index in [1.54, 1.807) is 0 Å². The van der Waals surface area contributed by atoms with E-state index in [0.29, 0.717) is 12.3 Å². The molecular weight excluding hydrogens is 164 g/mol. The van der Waals surface area contributed by atoms with Gasteiger partial charge in [0.05, 0.1) is 6.07 Å². The van der Waals surface area contributed by atoms with Crippen molar-refractivity contribution in [2.24, 2.45) is 11.8 Å². The summed E-state index contributed by atoms with van der Waals surface area (Å²) in [6, 6.07) is 1.77. The van der Waals surface area contributed by atoms with Gasteiger partial charge in [0.2, 0.25) is 5.91 Å². The van der Waals surface area contributed by atoms with Crippen LogP contribution in [0.15, 0.2) is 0 Å². The van der Waals surface area contributed by atoms with Gasteiger partial charge in [-0.2, -0.15) is 5.26 Å². The molecule has 1 fully saturated rings. The summed E-state index contributed by atoms with van der Waals surface area (Å²) in [6.07, 6.45) is 2.95. The molecular formula is C10H16N2O. The Hall–Kier alpha value is -1.04. The highest BCUT2D eigenvalue weighted by Gasteiger charge is 2.25. The molecule has 3 nitrogen and oxygen atoms in total. The molecule has 1 aliphatic carbocycles. The highest BCUT2D eigenvalue weighted by atomic mass is 16.1. The molecule has 1 saturated carbocycles. The normalized spacial score (nSPS) is 18.0. The van der Waals surface area contributed by atoms with Crippen LogP contribution >= 0.6 is 0 Å². The molecule has 1 aliphatic rings. The zero-order chi connectivity index (χ0) is 9.84. The van der Waals surface area contributed by atoms with Crippen LogP contribution in [-0.4, -0.2) is 11.9 Å². The van der Waals surface area contributed by atoms with Crippen LogP contribution in [0.5, 0.6) is 0 Å². The average molecular weight is 180 g/mol. The second-order valence-electron chi connectivity index (χ2n) is 4.07. The lowest BCUT2D eigenvalue weighted by Crippen LogP contribution is -2.37. The Kier molecular flexibility index (Phi) is 3.30. The number of nitrogens with one attached hydrogen (secondary N) is 1. The largest absolute Gasteiger partial charge is 0.340 e. The van der Waals surface area contributed by atoms with Crippen molar-refractivity contribution < 1.29 is 4.79 Å². The van der Waals surface area contributed by atoms with Crippen molar-refractivity contribution in [3.8, 4) is 6.07 Å². The third-order valence-electron chi connectivity index (χ3n) is 2.29. The van der Waals surface area contributed by atoms with Gasteiger partial charge in [0.25, 0.3) is 0 Å². The van der Waals surface area contributed by atoms with E-state index in [-0.39, 0.29) is 17.9 Å². The second-order valence-corrected chi connectivity index (χ2v) is 4.07. The van der Waals surface area contributed by atoms with Gasteiger partial charge in [-0.1, -0.05) is 13.8 Å². The standard InChI is InChI=1S/C10H16N2O/c1-7(2)9(6-11)12-10(13)5-8-3-4-8/h7-9H,3-5H2,1-2H3,(H,12,13). The van der Waals surface area contributed by atoms with Crippen molar-refractivity contribution in [1.29, 1.82) is 5.26 Å². The topological polar surface area (TPSA) is 52.9 Å². The fraction of sp³-hybridized carbons (Fsp3) is 0.800. The van der Waals surface area contributed by atoms with E-state index in [4.69, 9.17) is 5.26 Å². The first-order chi connectivity index (χ1) is 6.13. The number of rotatable bonds is 4. The fourth-order valence-electron chi connectivity index (χ4n) is 1.16. The third-order valence-corrected chi connectivity index (χ3v) is 2.29. The Morgan fingerprint density at radius 1 is 1.62 bits per heavy atom. The van der Waals surface area contributed by atoms with Gasteiger partial charge in [-0.15, -0.1) is 0 Å². The molecule has 0 heterocycles. The van der Waals surface area contributed by atoms with Crippen LogP contribution in [0.3, 0.4) is 0 Å². The highest BCUT2D eigenvalue weighted by Crippen LogP contribution is 2.32. The Balaban J connectivity index is 2.28. The van der Waals surface area contributed by atoms with E-state index in [9.17, 15) is 4.79 Å². The minimum absolute atomic E-state index is 0.0303. The molecule has 0 aromatic heterocycles. The van der Waals surface area contributed by atoms with Crippen molar-refractivity contribution in [3.05, 3.63) is 0 Å². The van der Waals surface area contributed by atoms with Crippen LogP contribution in [0.2, 0.25) is 0 Å². The number of nitrogens with zero attached hydrogens (tertiary/aromatic N) is 1. The van der Waals surface area contributed by atoms with Crippen molar-refractivity contribution in [3.63, 3.8) is 0 Å². The summed E-state index contributed by atoms with van der Waals surface area (Å²) in [7, 11) is 0. The average Bonchev–Trinajstić information content (AvgIpc) is 2.83. The lowest BCUT2D eigenvalue weighted by Gasteiger charge is -2.14. The van der Waals surface area contributed by atoms with Crippen molar-refractivity contribution in [1.82, 2.24) is 5.32 Å². The number of amides is 1. The maximum absolute atomic E-state index is 11.3. The number of carbonyl (C=O) groups is 1. The zero-order valence-corrected chi connectivity index (χ0v) is 8.21. The first-order valence-electron chi connectivity index (χ1n) is 4.82. The van der Waals surface area contributed by atoms with Gasteiger partial charge < -0.3 is 5.32 Å². The molecule has 0 saturated heterocycles. The monoisotopic (exact) mass is 180 g/mol. The van der Waals surface area contributed by atoms with Gasteiger partial charge in [0.15, 0.2) is 0 Å². The van der Waals surface area contributed by atoms with Gasteiger partial charge in [0.1, 0.15) is 6.04 Å². The minimum Gasteiger partial charge on any atom is -0.340 e. The predicted octanol–water partition coefficient (Wildman–Crippen LogP) is 1.45. The molecule has 0 aromatic carbocycles. The van der Waals surface area contributed by atoms with Crippen LogP contribution in [-0.2, 0) is 4.79 Å². The molecule has 1 unspecified atom stereocenters. The molecule has 1 N–H and O–H groups in total. The van der Waals surface area contributed by atoms with Crippen LogP contribution in [0.1, 0.15) is 33.1 Å². The molecule has 1 rings (SSSR count). The van der Waals surface area contributed by atoms with E-state index >= 15 is 0 Å². The summed E-state index contributed by atoms with van der Waals surface area (Å²) in [6.45, 7) is 3.87. The molecule has 72 valence electrons. The Bertz CT molecular complexity index is 226. The van der Waals surface area contributed by atoms with E-state index in [1.165, 1.54) is 12.8 Å². The van der Waals surface area contributed by atoms with Gasteiger partial charge in [-0.25, -0.2) is 0 Å². The highest BCUT2D eigenvalue weighted by molar-refractivity contribution is 5.77. The molecule has 0 aliphatic heterocycles. The SMILES string of the molecule is CC(C)C(C#N)NC(=O)CC1CC1. The van der Waals surface area contributed by atoms with Gasteiger partial charge in [-0.05, 0) is 24.7 Å². The maximum Gasteiger partial charge on any atom is 0.221 e. The Labute approximate surface area is 79.1 Å². The first kappa shape index (κ1) is 10.0. The molecule has 1 amide bonds. The van der Waals surface area contributed by atoms with Crippen LogP contribution in [0.4, 0.5) is 0 Å². The van der Waals surface area contributed by atoms with E-state index in [0.717, 1.165) is 0 Å². The van der Waals surface area contributed by atoms with Crippen LogP contribution in [0.25, 0.3) is 0 Å². The smallest absolute Gasteiger partial charge is 0.221 e. The third kappa shape index (κ3) is 3.45. The van der Waals surface area contributed by atoms with Gasteiger partial charge >= 0.3 is 0 Å². The fourth-order valence-corrected chi connectivity index (χ4v) is 1.16. The lowest BCUT2D eigenvalue weighted by atomic mass is 10.1. The van der Waals surface area contributed by atoms with Crippen molar-refractivity contribution in [2.75, 3.05) is 0 Å². The van der Waals surface area contributed by atoms with E-state index in [2.05, 4.69) is 11.4 Å². The summed E-state index contributed by atoms with van der Waals surface area (Å²) in [5.74, 6) is 0.808. The summed E-state index contributed by atoms with van der Waals surface area (Å²) >= 11 is 0. The zero-order valence-electron chi connectivity index (χ0n) is 8.21. The molecule has 0 spiro atoms. The summed E-state index contributed by atoms with van der Waals surface area (Å²) in [5, 5.41) is 11.5. The molecule has 0 aromatic rings. The van der Waals surface area contributed by atoms with Crippen LogP contribution in [0, 0.1) is 23.2 Å². The van der Waals surface area contributed by atoms with Crippen molar-refractivity contribution >= 4 is 5.91 Å². The van der Waals surface area contributed by atoms with Crippen molar-refractivity contribution in [2.45, 2.75) is 39.2 Å². The number of hydrogen-bond donors (Lipinski definition) is 1. The van der Waals surface area contributed by atoms with E-state index < -0.39 is 0 Å². The summed E-state index contributed by atoms with van der Waals surface area (Å²) in [4.78, 5) is 11.3. The number of hydrogen-bond acceptors (Lipinski definition) is 2. The summed E-state index contributed by atoms with van der Waals surface area (Å²) in [5.41, 5.74) is 0. The minimum atomic E-state index is -0.328. The molecule has 3 heteroatoms. The summed E-state index contributed by atoms with van der Waals surface area (Å²) < 4.78 is 0. The van der Waals surface area contributed by atoms with Gasteiger partial charge in [0, 0.05) is 6.42 Å². The number of nitriles is 1. The quantitative estimate of drug-likeness (QED) is 0.712. The lowest BCUT2D eigenvalue weighted by molar-refractivity contribution is -0.122. The number of carbonyl (C=O) groups excluding carboxylic acids is 1. The van der Waals surface area contributed by atoms with Crippen LogP contribution < -0.4 is 5.32 Å². The first-order valence-corrected chi connectivity index (χ1v) is 4.82. The molecule has 0 radical (unpaired) electrons. The maximum atomic E-state index is 11.3. The predicted molar refractivity (Wildman–Crippen MR) is 49.7 cm³/mol. The molecule has 0 bridgehead atoms. The van der Waals surface area contributed by atoms with E-state index in [1.807, 2.05) is 13.8 Å². The molecule has 1 atom stereocenters.